The molecule has 37 heavy (non-hydrogen) atoms. The molecular weight excluding hydrogens is 472 g/mol. The largest absolute Gasteiger partial charge is 0.493 e. The highest BCUT2D eigenvalue weighted by Gasteiger charge is 2.15. The lowest BCUT2D eigenvalue weighted by atomic mass is 9.92. The van der Waals surface area contributed by atoms with E-state index < -0.39 is 6.10 Å². The molecule has 200 valence electrons. The van der Waals surface area contributed by atoms with E-state index in [1.807, 2.05) is 19.0 Å². The number of benzene rings is 2. The molecule has 0 radical (unpaired) electrons. The van der Waals surface area contributed by atoms with Crippen molar-refractivity contribution in [3.63, 3.8) is 0 Å². The van der Waals surface area contributed by atoms with Gasteiger partial charge in [-0.05, 0) is 62.3 Å². The predicted octanol–water partition coefficient (Wildman–Crippen LogP) is 4.89. The fourth-order valence-corrected chi connectivity index (χ4v) is 3.61. The number of aliphatic hydroxyl groups excluding tert-OH is 1. The van der Waals surface area contributed by atoms with Gasteiger partial charge in [-0.25, -0.2) is 4.79 Å². The molecule has 2 aromatic carbocycles. The summed E-state index contributed by atoms with van der Waals surface area (Å²) in [5, 5.41) is 16.6. The predicted molar refractivity (Wildman–Crippen MR) is 146 cm³/mol. The van der Waals surface area contributed by atoms with Gasteiger partial charge in [0.1, 0.15) is 24.2 Å². The number of rotatable bonds is 11. The van der Waals surface area contributed by atoms with Crippen LogP contribution >= 0.6 is 0 Å². The number of nitrogens with zero attached hydrogens (tertiary/aromatic N) is 2. The Balaban J connectivity index is 1.70. The number of urea groups is 1. The van der Waals surface area contributed by atoms with Gasteiger partial charge in [0.15, 0.2) is 11.5 Å². The molecule has 0 spiro atoms. The van der Waals surface area contributed by atoms with Crippen molar-refractivity contribution < 1.29 is 24.1 Å². The van der Waals surface area contributed by atoms with Crippen molar-refractivity contribution >= 4 is 22.6 Å². The number of hydrogen-bond donors (Lipinski definition) is 3. The average Bonchev–Trinajstić information content (AvgIpc) is 2.82. The van der Waals surface area contributed by atoms with Gasteiger partial charge in [0.2, 0.25) is 0 Å². The highest BCUT2D eigenvalue weighted by atomic mass is 16.5. The number of pyridine rings is 1. The quantitative estimate of drug-likeness (QED) is 0.337. The molecule has 3 N–H and O–H groups in total. The number of anilines is 1. The molecule has 3 rings (SSSR count). The highest BCUT2D eigenvalue weighted by Crippen LogP contribution is 2.37. The van der Waals surface area contributed by atoms with E-state index in [-0.39, 0.29) is 18.1 Å². The van der Waals surface area contributed by atoms with Gasteiger partial charge in [-0.15, -0.1) is 0 Å². The van der Waals surface area contributed by atoms with E-state index in [0.29, 0.717) is 47.3 Å². The van der Waals surface area contributed by atoms with Gasteiger partial charge in [-0.3, -0.25) is 4.98 Å². The zero-order valence-electron chi connectivity index (χ0n) is 22.5. The Labute approximate surface area is 218 Å². The summed E-state index contributed by atoms with van der Waals surface area (Å²) in [6, 6.07) is 12.3. The third-order valence-electron chi connectivity index (χ3n) is 5.49. The van der Waals surface area contributed by atoms with Crippen LogP contribution in [0.2, 0.25) is 0 Å². The molecule has 0 aliphatic rings. The van der Waals surface area contributed by atoms with Gasteiger partial charge < -0.3 is 34.9 Å². The van der Waals surface area contributed by atoms with E-state index in [2.05, 4.69) is 36.4 Å². The van der Waals surface area contributed by atoms with Crippen molar-refractivity contribution in [1.29, 1.82) is 0 Å². The number of carbonyl (C=O) groups is 1. The van der Waals surface area contributed by atoms with Crippen LogP contribution in [-0.4, -0.2) is 68.0 Å². The topological polar surface area (TPSA) is 105 Å². The molecule has 9 nitrogen and oxygen atoms in total. The monoisotopic (exact) mass is 510 g/mol. The fraction of sp³-hybridized carbons (Fsp3) is 0.429. The van der Waals surface area contributed by atoms with E-state index in [4.69, 9.17) is 14.2 Å². The Hall–Kier alpha value is -3.56. The minimum absolute atomic E-state index is 0.120. The average molecular weight is 511 g/mol. The Morgan fingerprint density at radius 2 is 1.81 bits per heavy atom. The van der Waals surface area contributed by atoms with Crippen LogP contribution in [0, 0.1) is 5.41 Å². The third-order valence-corrected chi connectivity index (χ3v) is 5.49. The summed E-state index contributed by atoms with van der Waals surface area (Å²) in [5.41, 5.74) is 1.51. The molecule has 1 aromatic heterocycles. The summed E-state index contributed by atoms with van der Waals surface area (Å²) < 4.78 is 17.5. The summed E-state index contributed by atoms with van der Waals surface area (Å²) in [4.78, 5) is 18.5. The molecule has 9 heteroatoms. The maximum absolute atomic E-state index is 12.2. The van der Waals surface area contributed by atoms with Crippen LogP contribution < -0.4 is 24.8 Å². The first-order chi connectivity index (χ1) is 17.5. The molecule has 0 aliphatic heterocycles. The highest BCUT2D eigenvalue weighted by molar-refractivity contribution is 5.89. The molecule has 1 unspecified atom stereocenters. The first kappa shape index (κ1) is 28.0. The van der Waals surface area contributed by atoms with Gasteiger partial charge in [0, 0.05) is 36.4 Å². The van der Waals surface area contributed by atoms with Crippen molar-refractivity contribution in [2.45, 2.75) is 33.3 Å². The second kappa shape index (κ2) is 12.6. The first-order valence-electron chi connectivity index (χ1n) is 12.3. The van der Waals surface area contributed by atoms with Crippen LogP contribution in [0.1, 0.15) is 27.2 Å². The van der Waals surface area contributed by atoms with E-state index in [9.17, 15) is 9.90 Å². The summed E-state index contributed by atoms with van der Waals surface area (Å²) in [6.45, 7) is 7.62. The summed E-state index contributed by atoms with van der Waals surface area (Å²) in [7, 11) is 5.34. The SMILES string of the molecule is COc1cc2nccc(Oc3ccc(NC(=O)NCCC(C)(C)C)cc3)c2cc1OCC(O)CN(C)C. The number of carbonyl (C=O) groups excluding carboxylic acids is 1. The van der Waals surface area contributed by atoms with Crippen molar-refractivity contribution in [2.75, 3.05) is 46.2 Å². The molecule has 1 heterocycles. The van der Waals surface area contributed by atoms with Gasteiger partial charge >= 0.3 is 6.03 Å². The zero-order valence-corrected chi connectivity index (χ0v) is 22.5. The number of aliphatic hydroxyl groups is 1. The minimum atomic E-state index is -0.646. The number of nitrogens with one attached hydrogen (secondary N) is 2. The van der Waals surface area contributed by atoms with Crippen molar-refractivity contribution in [2.24, 2.45) is 5.41 Å². The summed E-state index contributed by atoms with van der Waals surface area (Å²) in [6.07, 6.45) is 1.91. The molecule has 0 saturated heterocycles. The van der Waals surface area contributed by atoms with Crippen LogP contribution in [0.15, 0.2) is 48.7 Å². The number of hydrogen-bond acceptors (Lipinski definition) is 7. The minimum Gasteiger partial charge on any atom is -0.493 e. The molecule has 0 aliphatic carbocycles. The Morgan fingerprint density at radius 3 is 2.46 bits per heavy atom. The molecule has 0 fully saturated rings. The number of likely N-dealkylation sites (N-methyl/N-ethyl adjacent to an activating group) is 1. The van der Waals surface area contributed by atoms with E-state index in [0.717, 1.165) is 11.8 Å². The summed E-state index contributed by atoms with van der Waals surface area (Å²) in [5.74, 6) is 2.20. The number of ether oxygens (including phenoxy) is 3. The summed E-state index contributed by atoms with van der Waals surface area (Å²) >= 11 is 0. The maximum Gasteiger partial charge on any atom is 0.319 e. The Kier molecular flexibility index (Phi) is 9.54. The maximum atomic E-state index is 12.2. The normalized spacial score (nSPS) is 12.3. The third kappa shape index (κ3) is 8.80. The molecule has 0 saturated carbocycles. The van der Waals surface area contributed by atoms with E-state index >= 15 is 0 Å². The standard InChI is InChI=1S/C28H38N4O5/c1-28(2,3)12-14-30-27(34)31-19-7-9-21(10-8-19)37-24-11-13-29-23-16-25(35-6)26(15-22(23)24)36-18-20(33)17-32(4)5/h7-11,13,15-16,20,33H,12,14,17-18H2,1-6H3,(H2,30,31,34). The molecule has 0 bridgehead atoms. The number of fused-ring (bicyclic) bond motifs is 1. The lowest BCUT2D eigenvalue weighted by Crippen LogP contribution is -2.31. The van der Waals surface area contributed by atoms with Gasteiger partial charge in [0.25, 0.3) is 0 Å². The van der Waals surface area contributed by atoms with E-state index in [1.54, 1.807) is 55.8 Å². The second-order valence-corrected chi connectivity index (χ2v) is 10.4. The lowest BCUT2D eigenvalue weighted by molar-refractivity contribution is 0.0819. The fourth-order valence-electron chi connectivity index (χ4n) is 3.61. The van der Waals surface area contributed by atoms with Crippen LogP contribution in [0.3, 0.4) is 0 Å². The van der Waals surface area contributed by atoms with E-state index in [1.165, 1.54) is 0 Å². The van der Waals surface area contributed by atoms with Crippen LogP contribution in [0.4, 0.5) is 10.5 Å². The molecule has 2 amide bonds. The number of methoxy groups -OCH3 is 1. The van der Waals surface area contributed by atoms with Crippen LogP contribution in [0.5, 0.6) is 23.0 Å². The van der Waals surface area contributed by atoms with Crippen molar-refractivity contribution in [3.05, 3.63) is 48.7 Å². The Bertz CT molecular complexity index is 1180. The van der Waals surface area contributed by atoms with Crippen molar-refractivity contribution in [3.8, 4) is 23.0 Å². The van der Waals surface area contributed by atoms with Crippen LogP contribution in [0.25, 0.3) is 10.9 Å². The van der Waals surface area contributed by atoms with Gasteiger partial charge in [-0.1, -0.05) is 20.8 Å². The first-order valence-corrected chi connectivity index (χ1v) is 12.3. The lowest BCUT2D eigenvalue weighted by Gasteiger charge is -2.18. The van der Waals surface area contributed by atoms with Gasteiger partial charge in [0.05, 0.1) is 12.6 Å². The van der Waals surface area contributed by atoms with Crippen LogP contribution in [-0.2, 0) is 0 Å². The molecule has 1 atom stereocenters. The molecule has 3 aromatic rings. The second-order valence-electron chi connectivity index (χ2n) is 10.4. The zero-order chi connectivity index (χ0) is 27.0. The van der Waals surface area contributed by atoms with Crippen molar-refractivity contribution in [1.82, 2.24) is 15.2 Å². The van der Waals surface area contributed by atoms with Gasteiger partial charge in [-0.2, -0.15) is 0 Å². The molecular formula is C28H38N4O5. The number of aromatic nitrogens is 1. The number of amides is 2. The smallest absolute Gasteiger partial charge is 0.319 e. The Morgan fingerprint density at radius 1 is 1.08 bits per heavy atom.